The van der Waals surface area contributed by atoms with Crippen molar-refractivity contribution in [3.05, 3.63) is 0 Å². The van der Waals surface area contributed by atoms with Crippen molar-refractivity contribution in [1.29, 1.82) is 0 Å². The van der Waals surface area contributed by atoms with Gasteiger partial charge in [0.1, 0.15) is 6.54 Å². The Balaban J connectivity index is 1.86. The Labute approximate surface area is 117 Å². The second-order valence-electron chi connectivity index (χ2n) is 5.50. The molecule has 1 saturated heterocycles. The molecule has 0 aromatic heterocycles. The van der Waals surface area contributed by atoms with E-state index in [-0.39, 0.29) is 30.6 Å². The van der Waals surface area contributed by atoms with Crippen molar-refractivity contribution in [2.24, 2.45) is 0 Å². The van der Waals surface area contributed by atoms with Crippen molar-refractivity contribution in [3.63, 3.8) is 0 Å². The molecule has 1 heterocycles. The highest BCUT2D eigenvalue weighted by Crippen LogP contribution is 2.28. The van der Waals surface area contributed by atoms with Crippen LogP contribution in [0.4, 0.5) is 4.79 Å². The van der Waals surface area contributed by atoms with E-state index < -0.39 is 5.97 Å². The molecule has 1 aliphatic carbocycles. The summed E-state index contributed by atoms with van der Waals surface area (Å²) in [7, 11) is 0. The number of piperidine rings is 1. The van der Waals surface area contributed by atoms with E-state index in [2.05, 4.69) is 5.32 Å². The number of hydrogen-bond donors (Lipinski definition) is 2. The Hall–Kier alpha value is -1.79. The van der Waals surface area contributed by atoms with Crippen LogP contribution in [0.2, 0.25) is 0 Å². The van der Waals surface area contributed by atoms with Crippen molar-refractivity contribution in [2.75, 3.05) is 19.6 Å². The van der Waals surface area contributed by atoms with Gasteiger partial charge in [-0.15, -0.1) is 0 Å². The van der Waals surface area contributed by atoms with E-state index in [1.165, 1.54) is 11.8 Å². The Morgan fingerprint density at radius 2 is 1.80 bits per heavy atom. The Bertz CT molecular complexity index is 400. The average Bonchev–Trinajstić information content (AvgIpc) is 3.19. The standard InChI is InChI=1S/C13H21N3O4/c1-9(17)14-10-4-6-15(7-5-10)13(20)16(8-12(18)19)11-2-3-11/h10-11H,2-8H2,1H3,(H,14,17)(H,18,19). The number of aliphatic carboxylic acids is 1. The van der Waals surface area contributed by atoms with E-state index in [0.717, 1.165) is 25.7 Å². The van der Waals surface area contributed by atoms with E-state index in [9.17, 15) is 14.4 Å². The van der Waals surface area contributed by atoms with Crippen LogP contribution in [-0.2, 0) is 9.59 Å². The summed E-state index contributed by atoms with van der Waals surface area (Å²) in [5.41, 5.74) is 0. The van der Waals surface area contributed by atoms with E-state index >= 15 is 0 Å². The van der Waals surface area contributed by atoms with Crippen LogP contribution >= 0.6 is 0 Å². The van der Waals surface area contributed by atoms with Crippen LogP contribution in [0, 0.1) is 0 Å². The zero-order valence-electron chi connectivity index (χ0n) is 11.7. The van der Waals surface area contributed by atoms with Gasteiger partial charge < -0.3 is 20.2 Å². The van der Waals surface area contributed by atoms with E-state index in [1.54, 1.807) is 4.90 Å². The molecule has 2 fully saturated rings. The van der Waals surface area contributed by atoms with Gasteiger partial charge in [0.25, 0.3) is 0 Å². The summed E-state index contributed by atoms with van der Waals surface area (Å²) in [4.78, 5) is 37.3. The Morgan fingerprint density at radius 1 is 1.20 bits per heavy atom. The number of rotatable bonds is 4. The first kappa shape index (κ1) is 14.6. The lowest BCUT2D eigenvalue weighted by atomic mass is 10.1. The van der Waals surface area contributed by atoms with Gasteiger partial charge in [-0.25, -0.2) is 4.79 Å². The minimum atomic E-state index is -0.974. The molecule has 2 N–H and O–H groups in total. The highest BCUT2D eigenvalue weighted by molar-refractivity contribution is 5.81. The predicted molar refractivity (Wildman–Crippen MR) is 71.2 cm³/mol. The number of carboxylic acid groups (broad SMARTS) is 1. The molecule has 20 heavy (non-hydrogen) atoms. The predicted octanol–water partition coefficient (Wildman–Crippen LogP) is 0.256. The molecule has 3 amide bonds. The largest absolute Gasteiger partial charge is 0.480 e. The zero-order valence-corrected chi connectivity index (χ0v) is 11.7. The Kier molecular flexibility index (Phi) is 4.46. The molecular weight excluding hydrogens is 262 g/mol. The number of carbonyl (C=O) groups is 3. The quantitative estimate of drug-likeness (QED) is 0.774. The molecule has 0 atom stereocenters. The summed E-state index contributed by atoms with van der Waals surface area (Å²) in [5, 5.41) is 11.7. The van der Waals surface area contributed by atoms with Gasteiger partial charge in [-0.3, -0.25) is 9.59 Å². The molecule has 1 saturated carbocycles. The average molecular weight is 283 g/mol. The maximum absolute atomic E-state index is 12.3. The van der Waals surface area contributed by atoms with Gasteiger partial charge in [0, 0.05) is 32.1 Å². The fraction of sp³-hybridized carbons (Fsp3) is 0.769. The SMILES string of the molecule is CC(=O)NC1CCN(C(=O)N(CC(=O)O)C2CC2)CC1. The van der Waals surface area contributed by atoms with Crippen LogP contribution in [0.25, 0.3) is 0 Å². The van der Waals surface area contributed by atoms with Crippen molar-refractivity contribution in [1.82, 2.24) is 15.1 Å². The maximum Gasteiger partial charge on any atom is 0.323 e. The zero-order chi connectivity index (χ0) is 14.7. The van der Waals surface area contributed by atoms with Gasteiger partial charge in [0.2, 0.25) is 5.91 Å². The summed E-state index contributed by atoms with van der Waals surface area (Å²) in [6.07, 6.45) is 3.22. The highest BCUT2D eigenvalue weighted by atomic mass is 16.4. The molecule has 1 aliphatic heterocycles. The van der Waals surface area contributed by atoms with Gasteiger partial charge in [-0.1, -0.05) is 0 Å². The maximum atomic E-state index is 12.3. The molecule has 0 aromatic carbocycles. The third-order valence-electron chi connectivity index (χ3n) is 3.71. The molecule has 0 unspecified atom stereocenters. The first-order valence-electron chi connectivity index (χ1n) is 7.02. The molecule has 2 aliphatic rings. The molecule has 0 spiro atoms. The summed E-state index contributed by atoms with van der Waals surface area (Å²) in [5.74, 6) is -1.03. The number of amides is 3. The number of carboxylic acids is 1. The molecule has 7 heteroatoms. The summed E-state index contributed by atoms with van der Waals surface area (Å²) in [6, 6.07) is 0.0215. The fourth-order valence-electron chi connectivity index (χ4n) is 2.57. The molecule has 2 rings (SSSR count). The first-order valence-corrected chi connectivity index (χ1v) is 7.02. The molecule has 0 aromatic rings. The summed E-state index contributed by atoms with van der Waals surface area (Å²) in [6.45, 7) is 2.38. The molecular formula is C13H21N3O4. The first-order chi connectivity index (χ1) is 9.47. The minimum Gasteiger partial charge on any atom is -0.480 e. The number of urea groups is 1. The van der Waals surface area contributed by atoms with Crippen LogP contribution in [0.3, 0.4) is 0 Å². The van der Waals surface area contributed by atoms with E-state index in [4.69, 9.17) is 5.11 Å². The smallest absolute Gasteiger partial charge is 0.323 e. The minimum absolute atomic E-state index is 0.0553. The number of carbonyl (C=O) groups excluding carboxylic acids is 2. The third kappa shape index (κ3) is 3.85. The van der Waals surface area contributed by atoms with Crippen LogP contribution in [0.1, 0.15) is 32.6 Å². The highest BCUT2D eigenvalue weighted by Gasteiger charge is 2.37. The number of nitrogens with zero attached hydrogens (tertiary/aromatic N) is 2. The summed E-state index contributed by atoms with van der Waals surface area (Å²) < 4.78 is 0. The van der Waals surface area contributed by atoms with Gasteiger partial charge in [0.05, 0.1) is 0 Å². The van der Waals surface area contributed by atoms with Crippen molar-refractivity contribution in [3.8, 4) is 0 Å². The third-order valence-corrected chi connectivity index (χ3v) is 3.71. The number of hydrogen-bond acceptors (Lipinski definition) is 3. The van der Waals surface area contributed by atoms with Crippen molar-refractivity contribution in [2.45, 2.75) is 44.7 Å². The lowest BCUT2D eigenvalue weighted by Gasteiger charge is -2.35. The lowest BCUT2D eigenvalue weighted by molar-refractivity contribution is -0.138. The molecule has 0 bridgehead atoms. The van der Waals surface area contributed by atoms with Crippen molar-refractivity contribution < 1.29 is 19.5 Å². The van der Waals surface area contributed by atoms with Crippen LogP contribution in [0.5, 0.6) is 0 Å². The van der Waals surface area contributed by atoms with Crippen molar-refractivity contribution >= 4 is 17.9 Å². The fourth-order valence-corrected chi connectivity index (χ4v) is 2.57. The number of likely N-dealkylation sites (tertiary alicyclic amines) is 1. The Morgan fingerprint density at radius 3 is 2.25 bits per heavy atom. The van der Waals surface area contributed by atoms with Gasteiger partial charge in [0.15, 0.2) is 0 Å². The van der Waals surface area contributed by atoms with Crippen LogP contribution in [0.15, 0.2) is 0 Å². The van der Waals surface area contributed by atoms with E-state index in [1.807, 2.05) is 0 Å². The molecule has 0 radical (unpaired) electrons. The molecule has 7 nitrogen and oxygen atoms in total. The van der Waals surface area contributed by atoms with Gasteiger partial charge >= 0.3 is 12.0 Å². The second-order valence-corrected chi connectivity index (χ2v) is 5.50. The van der Waals surface area contributed by atoms with Crippen LogP contribution < -0.4 is 5.32 Å². The number of nitrogens with one attached hydrogen (secondary N) is 1. The normalized spacial score (nSPS) is 19.6. The van der Waals surface area contributed by atoms with Gasteiger partial charge in [-0.05, 0) is 25.7 Å². The molecule has 112 valence electrons. The van der Waals surface area contributed by atoms with Gasteiger partial charge in [-0.2, -0.15) is 0 Å². The van der Waals surface area contributed by atoms with E-state index in [0.29, 0.717) is 13.1 Å². The second kappa shape index (κ2) is 6.11. The monoisotopic (exact) mass is 283 g/mol. The summed E-state index contributed by atoms with van der Waals surface area (Å²) >= 11 is 0. The van der Waals surface area contributed by atoms with Crippen LogP contribution in [-0.4, -0.2) is 64.5 Å². The topological polar surface area (TPSA) is 90.0 Å². The lowest BCUT2D eigenvalue weighted by Crippen LogP contribution is -2.51.